The third kappa shape index (κ3) is 2.02. The number of nitrogens with zero attached hydrogens (tertiary/aromatic N) is 2. The lowest BCUT2D eigenvalue weighted by atomic mass is 10.1. The number of pyridine rings is 1. The van der Waals surface area contributed by atoms with Gasteiger partial charge in [0.25, 0.3) is 0 Å². The van der Waals surface area contributed by atoms with Gasteiger partial charge in [-0.15, -0.1) is 11.3 Å². The maximum atomic E-state index is 4.51. The van der Waals surface area contributed by atoms with Crippen molar-refractivity contribution in [2.75, 3.05) is 0 Å². The molecule has 0 saturated carbocycles. The Morgan fingerprint density at radius 2 is 2.00 bits per heavy atom. The number of benzene rings is 1. The van der Waals surface area contributed by atoms with E-state index in [1.165, 1.54) is 10.4 Å². The van der Waals surface area contributed by atoms with Gasteiger partial charge in [-0.1, -0.05) is 19.9 Å². The van der Waals surface area contributed by atoms with E-state index in [1.807, 2.05) is 18.5 Å². The van der Waals surface area contributed by atoms with Gasteiger partial charge in [-0.25, -0.2) is 4.98 Å². The fraction of sp³-hybridized carbons (Fsp3) is 0.200. The maximum absolute atomic E-state index is 4.51. The lowest BCUT2D eigenvalue weighted by Crippen LogP contribution is -1.79. The zero-order valence-corrected chi connectivity index (χ0v) is 11.2. The molecule has 0 N–H and O–H groups in total. The van der Waals surface area contributed by atoms with E-state index in [0.29, 0.717) is 5.92 Å². The van der Waals surface area contributed by atoms with Gasteiger partial charge < -0.3 is 0 Å². The predicted molar refractivity (Wildman–Crippen MR) is 76.9 cm³/mol. The van der Waals surface area contributed by atoms with Crippen molar-refractivity contribution >= 4 is 22.2 Å². The van der Waals surface area contributed by atoms with Gasteiger partial charge in [0.1, 0.15) is 5.01 Å². The predicted octanol–water partition coefficient (Wildman–Crippen LogP) is 4.48. The Morgan fingerprint density at radius 1 is 1.11 bits per heavy atom. The molecule has 0 unspecified atom stereocenters. The number of rotatable bonds is 2. The summed E-state index contributed by atoms with van der Waals surface area (Å²) in [6, 6.07) is 10.4. The molecule has 0 radical (unpaired) electrons. The van der Waals surface area contributed by atoms with E-state index in [-0.39, 0.29) is 0 Å². The molecule has 2 heterocycles. The minimum Gasteiger partial charge on any atom is -0.256 e. The highest BCUT2D eigenvalue weighted by atomic mass is 32.1. The van der Waals surface area contributed by atoms with Crippen LogP contribution in [0.4, 0.5) is 0 Å². The average molecular weight is 254 g/mol. The highest BCUT2D eigenvalue weighted by molar-refractivity contribution is 7.15. The molecule has 3 aromatic rings. The largest absolute Gasteiger partial charge is 0.256 e. The summed E-state index contributed by atoms with van der Waals surface area (Å²) in [4.78, 5) is 10.2. The van der Waals surface area contributed by atoms with E-state index in [9.17, 15) is 0 Å². The quantitative estimate of drug-likeness (QED) is 0.673. The van der Waals surface area contributed by atoms with Crippen LogP contribution >= 0.6 is 11.3 Å². The lowest BCUT2D eigenvalue weighted by molar-refractivity contribution is 0.885. The third-order valence-corrected chi connectivity index (χ3v) is 4.29. The second-order valence-corrected chi connectivity index (χ2v) is 5.70. The molecular formula is C15H14N2S. The Bertz CT molecular complexity index is 686. The van der Waals surface area contributed by atoms with Crippen LogP contribution in [-0.4, -0.2) is 9.97 Å². The fourth-order valence-electron chi connectivity index (χ4n) is 1.90. The highest BCUT2D eigenvalue weighted by Crippen LogP contribution is 2.30. The van der Waals surface area contributed by atoms with Gasteiger partial charge in [0.2, 0.25) is 0 Å². The van der Waals surface area contributed by atoms with Crippen LogP contribution in [0.2, 0.25) is 0 Å². The standard InChI is InChI=1S/C15H14N2S/c1-10(2)14-9-17-15(18-14)12-5-6-13-11(8-12)4-3-7-16-13/h3-10H,1-2H3. The molecule has 0 aliphatic rings. The van der Waals surface area contributed by atoms with E-state index in [4.69, 9.17) is 0 Å². The van der Waals surface area contributed by atoms with Crippen LogP contribution in [0.25, 0.3) is 21.5 Å². The average Bonchev–Trinajstić information content (AvgIpc) is 2.88. The van der Waals surface area contributed by atoms with Crippen molar-refractivity contribution in [1.82, 2.24) is 9.97 Å². The van der Waals surface area contributed by atoms with Gasteiger partial charge in [0.05, 0.1) is 5.52 Å². The Morgan fingerprint density at radius 3 is 2.78 bits per heavy atom. The monoisotopic (exact) mass is 254 g/mol. The van der Waals surface area contributed by atoms with Crippen LogP contribution in [0, 0.1) is 0 Å². The number of aromatic nitrogens is 2. The molecule has 3 heteroatoms. The van der Waals surface area contributed by atoms with E-state index < -0.39 is 0 Å². The van der Waals surface area contributed by atoms with E-state index in [0.717, 1.165) is 15.9 Å². The molecular weight excluding hydrogens is 240 g/mol. The minimum absolute atomic E-state index is 0.540. The van der Waals surface area contributed by atoms with Crippen LogP contribution < -0.4 is 0 Å². The minimum atomic E-state index is 0.540. The molecule has 0 atom stereocenters. The molecule has 2 nitrogen and oxygen atoms in total. The van der Waals surface area contributed by atoms with Gasteiger partial charge in [0, 0.05) is 28.2 Å². The molecule has 90 valence electrons. The van der Waals surface area contributed by atoms with Crippen molar-refractivity contribution in [2.45, 2.75) is 19.8 Å². The van der Waals surface area contributed by atoms with Crippen molar-refractivity contribution in [3.63, 3.8) is 0 Å². The van der Waals surface area contributed by atoms with E-state index in [1.54, 1.807) is 11.3 Å². The summed E-state index contributed by atoms with van der Waals surface area (Å²) in [5.41, 5.74) is 2.20. The summed E-state index contributed by atoms with van der Waals surface area (Å²) < 4.78 is 0. The van der Waals surface area contributed by atoms with Gasteiger partial charge in [-0.05, 0) is 30.2 Å². The number of hydrogen-bond acceptors (Lipinski definition) is 3. The van der Waals surface area contributed by atoms with Crippen molar-refractivity contribution in [1.29, 1.82) is 0 Å². The van der Waals surface area contributed by atoms with Crippen LogP contribution in [0.5, 0.6) is 0 Å². The first kappa shape index (κ1) is 11.4. The number of fused-ring (bicyclic) bond motifs is 1. The van der Waals surface area contributed by atoms with Crippen molar-refractivity contribution in [3.8, 4) is 10.6 Å². The van der Waals surface area contributed by atoms with Crippen molar-refractivity contribution < 1.29 is 0 Å². The van der Waals surface area contributed by atoms with Crippen molar-refractivity contribution in [3.05, 3.63) is 47.6 Å². The summed E-state index contributed by atoms with van der Waals surface area (Å²) in [6.07, 6.45) is 3.81. The zero-order valence-electron chi connectivity index (χ0n) is 10.4. The molecule has 0 bridgehead atoms. The summed E-state index contributed by atoms with van der Waals surface area (Å²) >= 11 is 1.77. The summed E-state index contributed by atoms with van der Waals surface area (Å²) in [6.45, 7) is 4.39. The molecule has 2 aromatic heterocycles. The highest BCUT2D eigenvalue weighted by Gasteiger charge is 2.08. The Kier molecular flexibility index (Phi) is 2.84. The van der Waals surface area contributed by atoms with Gasteiger partial charge in [0.15, 0.2) is 0 Å². The first-order valence-electron chi connectivity index (χ1n) is 6.05. The second kappa shape index (κ2) is 4.50. The topological polar surface area (TPSA) is 25.8 Å². The van der Waals surface area contributed by atoms with E-state index >= 15 is 0 Å². The summed E-state index contributed by atoms with van der Waals surface area (Å²) in [5.74, 6) is 0.540. The SMILES string of the molecule is CC(C)c1cnc(-c2ccc3ncccc3c2)s1. The van der Waals surface area contributed by atoms with Crippen molar-refractivity contribution in [2.24, 2.45) is 0 Å². The molecule has 0 spiro atoms. The summed E-state index contributed by atoms with van der Waals surface area (Å²) in [7, 11) is 0. The van der Waals surface area contributed by atoms with E-state index in [2.05, 4.69) is 48.1 Å². The van der Waals surface area contributed by atoms with Gasteiger partial charge in [-0.2, -0.15) is 0 Å². The van der Waals surface area contributed by atoms with Crippen LogP contribution in [-0.2, 0) is 0 Å². The normalized spacial score (nSPS) is 11.3. The number of hydrogen-bond donors (Lipinski definition) is 0. The fourth-order valence-corrected chi connectivity index (χ4v) is 2.81. The van der Waals surface area contributed by atoms with Crippen LogP contribution in [0.1, 0.15) is 24.6 Å². The Labute approximate surface area is 110 Å². The molecule has 18 heavy (non-hydrogen) atoms. The molecule has 0 amide bonds. The maximum Gasteiger partial charge on any atom is 0.123 e. The molecule has 0 saturated heterocycles. The Hall–Kier alpha value is -1.74. The van der Waals surface area contributed by atoms with Crippen LogP contribution in [0.3, 0.4) is 0 Å². The number of thiazole rings is 1. The molecule has 0 aliphatic heterocycles. The third-order valence-electron chi connectivity index (χ3n) is 2.94. The smallest absolute Gasteiger partial charge is 0.123 e. The molecule has 0 fully saturated rings. The van der Waals surface area contributed by atoms with Crippen LogP contribution in [0.15, 0.2) is 42.7 Å². The first-order valence-corrected chi connectivity index (χ1v) is 6.86. The Balaban J connectivity index is 2.07. The van der Waals surface area contributed by atoms with Gasteiger partial charge in [-0.3, -0.25) is 4.98 Å². The molecule has 1 aromatic carbocycles. The molecule has 0 aliphatic carbocycles. The molecule has 3 rings (SSSR count). The first-order chi connectivity index (χ1) is 8.74. The summed E-state index contributed by atoms with van der Waals surface area (Å²) in [5, 5.41) is 2.25. The zero-order chi connectivity index (χ0) is 12.5. The van der Waals surface area contributed by atoms with Gasteiger partial charge >= 0.3 is 0 Å². The second-order valence-electron chi connectivity index (χ2n) is 4.63. The lowest BCUT2D eigenvalue weighted by Gasteiger charge is -2.00.